The summed E-state index contributed by atoms with van der Waals surface area (Å²) in [7, 11) is 0. The predicted octanol–water partition coefficient (Wildman–Crippen LogP) is 2.63. The van der Waals surface area contributed by atoms with E-state index in [0.29, 0.717) is 11.0 Å². The second-order valence-corrected chi connectivity index (χ2v) is 6.60. The van der Waals surface area contributed by atoms with Crippen molar-refractivity contribution in [2.24, 2.45) is 0 Å². The molecule has 0 amide bonds. The number of fused-ring (bicyclic) bond motifs is 2. The molecule has 124 valence electrons. The maximum atomic E-state index is 13.4. The number of halogens is 3. The molecule has 1 N–H and O–H groups in total. The largest absolute Gasteiger partial charge is 0.469 e. The molecule has 6 nitrogen and oxygen atoms in total. The Bertz CT molecular complexity index is 761. The average molecular weight is 381 g/mol. The van der Waals surface area contributed by atoms with E-state index in [1.807, 2.05) is 0 Å². The van der Waals surface area contributed by atoms with Crippen molar-refractivity contribution in [3.05, 3.63) is 22.3 Å². The van der Waals surface area contributed by atoms with Crippen molar-refractivity contribution >= 4 is 46.6 Å². The first-order valence-corrected chi connectivity index (χ1v) is 8.26. The highest BCUT2D eigenvalue weighted by Crippen LogP contribution is 2.36. The van der Waals surface area contributed by atoms with Gasteiger partial charge in [-0.2, -0.15) is 0 Å². The lowest BCUT2D eigenvalue weighted by atomic mass is 10.1. The van der Waals surface area contributed by atoms with E-state index < -0.39 is 18.3 Å². The first-order valence-electron chi connectivity index (χ1n) is 6.83. The second kappa shape index (κ2) is 5.94. The van der Waals surface area contributed by atoms with Crippen molar-refractivity contribution in [2.75, 3.05) is 13.2 Å². The summed E-state index contributed by atoms with van der Waals surface area (Å²) in [5, 5.41) is 10.1. The van der Waals surface area contributed by atoms with E-state index in [2.05, 4.69) is 4.98 Å². The maximum Gasteiger partial charge on any atom is 0.209 e. The monoisotopic (exact) mass is 380 g/mol. The van der Waals surface area contributed by atoms with Crippen molar-refractivity contribution in [3.63, 3.8) is 0 Å². The van der Waals surface area contributed by atoms with E-state index in [9.17, 15) is 8.99 Å². The second-order valence-electron chi connectivity index (χ2n) is 5.33. The zero-order valence-electron chi connectivity index (χ0n) is 11.5. The Hall–Kier alpha value is -0.770. The Morgan fingerprint density at radius 3 is 2.87 bits per heavy atom. The highest BCUT2D eigenvalue weighted by molar-refractivity contribution is 7.93. The van der Waals surface area contributed by atoms with Gasteiger partial charge in [0.15, 0.2) is 18.4 Å². The van der Waals surface area contributed by atoms with E-state index in [4.69, 9.17) is 37.4 Å². The summed E-state index contributed by atoms with van der Waals surface area (Å²) in [4.78, 5) is 4.11. The Morgan fingerprint density at radius 1 is 1.30 bits per heavy atom. The molecule has 0 aliphatic carbocycles. The zero-order valence-corrected chi connectivity index (χ0v) is 13.8. The molecule has 2 aromatic rings. The van der Waals surface area contributed by atoms with E-state index in [-0.39, 0.29) is 47.7 Å². The molecule has 1 unspecified atom stereocenters. The minimum Gasteiger partial charge on any atom is -0.469 e. The molecule has 2 aliphatic rings. The molecule has 4 heterocycles. The van der Waals surface area contributed by atoms with Crippen LogP contribution >= 0.6 is 35.5 Å². The SMILES string of the molecule is O[C@@H]1COC2[C@H](Oc3cc4nc(Cl)c(Cl)cc4n3SF)CO[C@@H]21. The first-order chi connectivity index (χ1) is 11.1. The van der Waals surface area contributed by atoms with Crippen molar-refractivity contribution in [1.29, 1.82) is 0 Å². The molecular formula is C13H11Cl2FN2O4S. The van der Waals surface area contributed by atoms with Crippen LogP contribution in [0.4, 0.5) is 3.89 Å². The molecule has 4 rings (SSSR count). The summed E-state index contributed by atoms with van der Waals surface area (Å²) >= 11 is 11.8. The summed E-state index contributed by atoms with van der Waals surface area (Å²) in [6.07, 6.45) is -1.92. The summed E-state index contributed by atoms with van der Waals surface area (Å²) in [5.41, 5.74) is 0.909. The minimum absolute atomic E-state index is 0.0258. The molecule has 0 radical (unpaired) electrons. The van der Waals surface area contributed by atoms with Crippen LogP contribution < -0.4 is 4.74 Å². The fraction of sp³-hybridized carbons (Fsp3) is 0.462. The number of aromatic nitrogens is 2. The highest BCUT2D eigenvalue weighted by atomic mass is 35.5. The Balaban J connectivity index is 1.66. The van der Waals surface area contributed by atoms with Crippen molar-refractivity contribution in [1.82, 2.24) is 8.96 Å². The molecule has 2 aromatic heterocycles. The topological polar surface area (TPSA) is 65.7 Å². The number of aliphatic hydroxyl groups excluding tert-OH is 1. The lowest BCUT2D eigenvalue weighted by molar-refractivity contribution is 0.00776. The molecule has 0 aromatic carbocycles. The number of pyridine rings is 1. The standard InChI is InChI=1S/C13H11Cl2FN2O4S/c14-5-1-7-6(17-13(5)15)2-10(18(7)23-16)22-9-4-21-11-8(19)3-20-12(9)11/h1-2,8-9,11-12,19H,3-4H2/t8-,9-,11-,12?/m1/s1. The molecule has 2 aliphatic heterocycles. The van der Waals surface area contributed by atoms with Crippen LogP contribution in [0.2, 0.25) is 10.2 Å². The minimum atomic E-state index is -0.672. The fourth-order valence-corrected chi connectivity index (χ4v) is 3.56. The van der Waals surface area contributed by atoms with E-state index in [1.54, 1.807) is 6.07 Å². The first kappa shape index (κ1) is 15.7. The molecule has 10 heteroatoms. The Morgan fingerprint density at radius 2 is 2.09 bits per heavy atom. The van der Waals surface area contributed by atoms with Crippen molar-refractivity contribution in [2.45, 2.75) is 24.4 Å². The predicted molar refractivity (Wildman–Crippen MR) is 83.8 cm³/mol. The van der Waals surface area contributed by atoms with Gasteiger partial charge in [-0.25, -0.2) is 8.96 Å². The molecule has 0 saturated carbocycles. The smallest absolute Gasteiger partial charge is 0.209 e. The molecule has 0 spiro atoms. The average Bonchev–Trinajstić information content (AvgIpc) is 3.17. The number of aliphatic hydroxyl groups is 1. The summed E-state index contributed by atoms with van der Waals surface area (Å²) < 4.78 is 31.4. The fourth-order valence-electron chi connectivity index (χ4n) is 2.89. The lowest BCUT2D eigenvalue weighted by Gasteiger charge is -2.17. The normalized spacial score (nSPS) is 30.1. The number of ether oxygens (including phenoxy) is 3. The summed E-state index contributed by atoms with van der Waals surface area (Å²) in [6, 6.07) is 3.10. The van der Waals surface area contributed by atoms with E-state index in [0.717, 1.165) is 0 Å². The van der Waals surface area contributed by atoms with Crippen LogP contribution in [0, 0.1) is 0 Å². The van der Waals surface area contributed by atoms with Gasteiger partial charge in [0.05, 0.1) is 29.3 Å². The van der Waals surface area contributed by atoms with Gasteiger partial charge in [-0.05, 0) is 6.07 Å². The third-order valence-corrected chi connectivity index (χ3v) is 5.13. The van der Waals surface area contributed by atoms with Crippen LogP contribution in [0.1, 0.15) is 0 Å². The number of rotatable bonds is 3. The van der Waals surface area contributed by atoms with Gasteiger partial charge in [0.1, 0.15) is 23.5 Å². The molecular weight excluding hydrogens is 370 g/mol. The Labute approximate surface area is 144 Å². The van der Waals surface area contributed by atoms with Crippen molar-refractivity contribution in [3.8, 4) is 5.88 Å². The van der Waals surface area contributed by atoms with Gasteiger partial charge in [0.25, 0.3) is 0 Å². The Kier molecular flexibility index (Phi) is 4.07. The molecule has 4 atom stereocenters. The third kappa shape index (κ3) is 2.57. The lowest BCUT2D eigenvalue weighted by Crippen LogP contribution is -2.34. The third-order valence-electron chi connectivity index (χ3n) is 3.94. The van der Waals surface area contributed by atoms with Crippen molar-refractivity contribution < 1.29 is 23.2 Å². The summed E-state index contributed by atoms with van der Waals surface area (Å²) in [5.74, 6) is 0.248. The van der Waals surface area contributed by atoms with Crippen LogP contribution in [0.3, 0.4) is 0 Å². The molecule has 2 fully saturated rings. The van der Waals surface area contributed by atoms with Crippen LogP contribution in [-0.2, 0) is 9.47 Å². The van der Waals surface area contributed by atoms with Crippen LogP contribution in [0.25, 0.3) is 11.0 Å². The van der Waals surface area contributed by atoms with Crippen LogP contribution in [0.15, 0.2) is 12.1 Å². The highest BCUT2D eigenvalue weighted by Gasteiger charge is 2.48. The van der Waals surface area contributed by atoms with E-state index >= 15 is 0 Å². The van der Waals surface area contributed by atoms with Gasteiger partial charge in [-0.1, -0.05) is 23.2 Å². The van der Waals surface area contributed by atoms with Crippen LogP contribution in [-0.4, -0.2) is 51.7 Å². The zero-order chi connectivity index (χ0) is 16.1. The molecule has 2 saturated heterocycles. The molecule has 23 heavy (non-hydrogen) atoms. The van der Waals surface area contributed by atoms with Gasteiger partial charge in [0.2, 0.25) is 5.88 Å². The van der Waals surface area contributed by atoms with Gasteiger partial charge in [0, 0.05) is 6.07 Å². The molecule has 0 bridgehead atoms. The van der Waals surface area contributed by atoms with Gasteiger partial charge in [-0.15, -0.1) is 3.89 Å². The quantitative estimate of drug-likeness (QED) is 0.825. The number of nitrogens with zero attached hydrogens (tertiary/aromatic N) is 2. The van der Waals surface area contributed by atoms with Crippen LogP contribution in [0.5, 0.6) is 5.88 Å². The van der Waals surface area contributed by atoms with Gasteiger partial charge in [-0.3, -0.25) is 0 Å². The summed E-state index contributed by atoms with van der Waals surface area (Å²) in [6.45, 7) is 0.447. The number of hydrogen-bond donors (Lipinski definition) is 1. The maximum absolute atomic E-state index is 13.4. The van der Waals surface area contributed by atoms with Gasteiger partial charge < -0.3 is 19.3 Å². The number of hydrogen-bond acceptors (Lipinski definition) is 6. The van der Waals surface area contributed by atoms with Gasteiger partial charge >= 0.3 is 0 Å². The van der Waals surface area contributed by atoms with E-state index in [1.165, 1.54) is 10.0 Å².